The molecule has 0 unspecified atom stereocenters. The molecule has 0 aliphatic heterocycles. The Morgan fingerprint density at radius 3 is 2.54 bits per heavy atom. The third-order valence-corrected chi connectivity index (χ3v) is 2.38. The molecule has 0 atom stereocenters. The van der Waals surface area contributed by atoms with E-state index in [1.165, 1.54) is 0 Å². The highest BCUT2D eigenvalue weighted by Gasteiger charge is 2.14. The summed E-state index contributed by atoms with van der Waals surface area (Å²) in [6, 6.07) is 3.47. The largest absolute Gasteiger partial charge is 0.478 e. The fourth-order valence-electron chi connectivity index (χ4n) is 1.41. The summed E-state index contributed by atoms with van der Waals surface area (Å²) in [5.41, 5.74) is 2.04. The van der Waals surface area contributed by atoms with E-state index in [1.54, 1.807) is 6.07 Å². The molecule has 1 rings (SSSR count). The Morgan fingerprint density at radius 1 is 1.54 bits per heavy atom. The molecule has 0 aromatic heterocycles. The summed E-state index contributed by atoms with van der Waals surface area (Å²) in [5, 5.41) is 9.23. The summed E-state index contributed by atoms with van der Waals surface area (Å²) in [6.45, 7) is 3.81. The van der Waals surface area contributed by atoms with Crippen LogP contribution in [-0.4, -0.2) is 11.1 Å². The van der Waals surface area contributed by atoms with Crippen LogP contribution in [0.2, 0.25) is 5.02 Å². The molecular formula is C10H11ClO2. The minimum Gasteiger partial charge on any atom is -0.478 e. The number of carboxylic acid groups (broad SMARTS) is 1. The smallest absolute Gasteiger partial charge is 0.337 e. The van der Waals surface area contributed by atoms with Gasteiger partial charge in [-0.1, -0.05) is 24.6 Å². The Kier molecular flexibility index (Phi) is 2.94. The van der Waals surface area contributed by atoms with Crippen molar-refractivity contribution in [2.75, 3.05) is 0 Å². The lowest BCUT2D eigenvalue weighted by atomic mass is 10.00. The molecule has 1 N–H and O–H groups in total. The van der Waals surface area contributed by atoms with Crippen LogP contribution in [0.25, 0.3) is 0 Å². The van der Waals surface area contributed by atoms with Gasteiger partial charge < -0.3 is 5.11 Å². The fourth-order valence-corrected chi connectivity index (χ4v) is 1.67. The van der Waals surface area contributed by atoms with E-state index in [1.807, 2.05) is 19.9 Å². The lowest BCUT2D eigenvalue weighted by Crippen LogP contribution is -2.04. The summed E-state index contributed by atoms with van der Waals surface area (Å²) >= 11 is 5.79. The molecule has 0 bridgehead atoms. The molecule has 0 heterocycles. The monoisotopic (exact) mass is 198 g/mol. The van der Waals surface area contributed by atoms with Crippen molar-refractivity contribution in [2.45, 2.75) is 20.3 Å². The van der Waals surface area contributed by atoms with E-state index >= 15 is 0 Å². The van der Waals surface area contributed by atoms with Gasteiger partial charge in [0, 0.05) is 0 Å². The SMILES string of the molecule is CCc1c(C)ccc(Cl)c1C(=O)O. The molecular weight excluding hydrogens is 188 g/mol. The number of rotatable bonds is 2. The zero-order valence-electron chi connectivity index (χ0n) is 7.60. The van der Waals surface area contributed by atoms with Crippen LogP contribution >= 0.6 is 11.6 Å². The molecule has 0 amide bonds. The van der Waals surface area contributed by atoms with Gasteiger partial charge in [-0.2, -0.15) is 0 Å². The predicted molar refractivity (Wildman–Crippen MR) is 52.5 cm³/mol. The van der Waals surface area contributed by atoms with Gasteiger partial charge in [-0.15, -0.1) is 0 Å². The molecule has 0 aliphatic carbocycles. The first-order valence-corrected chi connectivity index (χ1v) is 4.47. The Balaban J connectivity index is 3.43. The van der Waals surface area contributed by atoms with Crippen molar-refractivity contribution in [3.8, 4) is 0 Å². The Hall–Kier alpha value is -1.02. The van der Waals surface area contributed by atoms with Crippen LogP contribution in [0.3, 0.4) is 0 Å². The summed E-state index contributed by atoms with van der Waals surface area (Å²) in [7, 11) is 0. The Bertz CT molecular complexity index is 345. The van der Waals surface area contributed by atoms with Crippen molar-refractivity contribution < 1.29 is 9.90 Å². The van der Waals surface area contributed by atoms with E-state index < -0.39 is 5.97 Å². The quantitative estimate of drug-likeness (QED) is 0.794. The number of hydrogen-bond acceptors (Lipinski definition) is 1. The second kappa shape index (κ2) is 3.79. The molecule has 13 heavy (non-hydrogen) atoms. The minimum atomic E-state index is -0.953. The standard InChI is InChI=1S/C10H11ClO2/c1-3-7-6(2)4-5-8(11)9(7)10(12)13/h4-5H,3H2,1-2H3,(H,12,13). The second-order valence-electron chi connectivity index (χ2n) is 2.88. The average molecular weight is 199 g/mol. The molecule has 0 saturated heterocycles. The Labute approximate surface area is 82.2 Å². The molecule has 0 saturated carbocycles. The van der Waals surface area contributed by atoms with Gasteiger partial charge in [-0.05, 0) is 30.5 Å². The van der Waals surface area contributed by atoms with Gasteiger partial charge in [0.25, 0.3) is 0 Å². The molecule has 1 aromatic rings. The molecule has 0 radical (unpaired) electrons. The molecule has 0 spiro atoms. The third-order valence-electron chi connectivity index (χ3n) is 2.06. The number of hydrogen-bond donors (Lipinski definition) is 1. The van der Waals surface area contributed by atoms with Crippen molar-refractivity contribution in [2.24, 2.45) is 0 Å². The summed E-state index contributed by atoms with van der Waals surface area (Å²) in [6.07, 6.45) is 0.689. The van der Waals surface area contributed by atoms with Crippen LogP contribution in [0.4, 0.5) is 0 Å². The van der Waals surface area contributed by atoms with Gasteiger partial charge >= 0.3 is 5.97 Å². The van der Waals surface area contributed by atoms with Crippen molar-refractivity contribution in [1.82, 2.24) is 0 Å². The zero-order valence-corrected chi connectivity index (χ0v) is 8.35. The van der Waals surface area contributed by atoms with E-state index in [2.05, 4.69) is 0 Å². The number of halogens is 1. The van der Waals surface area contributed by atoms with Crippen LogP contribution in [-0.2, 0) is 6.42 Å². The highest BCUT2D eigenvalue weighted by molar-refractivity contribution is 6.33. The number of aromatic carboxylic acids is 1. The maximum atomic E-state index is 10.9. The average Bonchev–Trinajstić information content (AvgIpc) is 2.07. The van der Waals surface area contributed by atoms with Gasteiger partial charge in [-0.3, -0.25) is 0 Å². The van der Waals surface area contributed by atoms with Crippen LogP contribution in [0, 0.1) is 6.92 Å². The van der Waals surface area contributed by atoms with Crippen molar-refractivity contribution in [3.63, 3.8) is 0 Å². The van der Waals surface area contributed by atoms with Crippen molar-refractivity contribution in [1.29, 1.82) is 0 Å². The van der Waals surface area contributed by atoms with Crippen molar-refractivity contribution >= 4 is 17.6 Å². The predicted octanol–water partition coefficient (Wildman–Crippen LogP) is 2.91. The lowest BCUT2D eigenvalue weighted by molar-refractivity contribution is 0.0696. The maximum absolute atomic E-state index is 10.9. The summed E-state index contributed by atoms with van der Waals surface area (Å²) < 4.78 is 0. The normalized spacial score (nSPS) is 10.1. The molecule has 1 aromatic carbocycles. The minimum absolute atomic E-state index is 0.240. The van der Waals surface area contributed by atoms with Gasteiger partial charge in [0.05, 0.1) is 10.6 Å². The molecule has 0 fully saturated rings. The second-order valence-corrected chi connectivity index (χ2v) is 3.28. The third kappa shape index (κ3) is 1.83. The molecule has 70 valence electrons. The van der Waals surface area contributed by atoms with E-state index in [4.69, 9.17) is 16.7 Å². The van der Waals surface area contributed by atoms with E-state index in [-0.39, 0.29) is 5.56 Å². The lowest BCUT2D eigenvalue weighted by Gasteiger charge is -2.08. The van der Waals surface area contributed by atoms with E-state index in [0.717, 1.165) is 11.1 Å². The van der Waals surface area contributed by atoms with E-state index in [0.29, 0.717) is 11.4 Å². The maximum Gasteiger partial charge on any atom is 0.337 e. The summed E-state index contributed by atoms with van der Waals surface area (Å²) in [4.78, 5) is 10.9. The highest BCUT2D eigenvalue weighted by atomic mass is 35.5. The number of carbonyl (C=O) groups is 1. The number of aryl methyl sites for hydroxylation is 1. The van der Waals surface area contributed by atoms with Gasteiger partial charge in [0.15, 0.2) is 0 Å². The first-order valence-electron chi connectivity index (χ1n) is 4.09. The topological polar surface area (TPSA) is 37.3 Å². The number of benzene rings is 1. The zero-order chi connectivity index (χ0) is 10.0. The fraction of sp³-hybridized carbons (Fsp3) is 0.300. The first kappa shape index (κ1) is 10.1. The molecule has 2 nitrogen and oxygen atoms in total. The molecule has 3 heteroatoms. The summed E-state index contributed by atoms with van der Waals surface area (Å²) in [5.74, 6) is -0.953. The first-order chi connectivity index (χ1) is 6.07. The highest BCUT2D eigenvalue weighted by Crippen LogP contribution is 2.23. The van der Waals surface area contributed by atoms with Crippen LogP contribution in [0.15, 0.2) is 12.1 Å². The van der Waals surface area contributed by atoms with Crippen molar-refractivity contribution in [3.05, 3.63) is 33.8 Å². The van der Waals surface area contributed by atoms with Crippen LogP contribution in [0.5, 0.6) is 0 Å². The van der Waals surface area contributed by atoms with E-state index in [9.17, 15) is 4.79 Å². The Morgan fingerprint density at radius 2 is 2.15 bits per heavy atom. The van der Waals surface area contributed by atoms with Gasteiger partial charge in [0.2, 0.25) is 0 Å². The number of carboxylic acids is 1. The van der Waals surface area contributed by atoms with Crippen LogP contribution in [0.1, 0.15) is 28.4 Å². The van der Waals surface area contributed by atoms with Gasteiger partial charge in [0.1, 0.15) is 0 Å². The molecule has 0 aliphatic rings. The van der Waals surface area contributed by atoms with Crippen LogP contribution < -0.4 is 0 Å². The van der Waals surface area contributed by atoms with Gasteiger partial charge in [-0.25, -0.2) is 4.79 Å².